The molecule has 122 valence electrons. The number of hydrogen-bond acceptors (Lipinski definition) is 5. The summed E-state index contributed by atoms with van der Waals surface area (Å²) < 4.78 is 32.9. The normalized spacial score (nSPS) is 11.3. The summed E-state index contributed by atoms with van der Waals surface area (Å²) in [4.78, 5) is 9.89. The molecule has 2 rings (SSSR count). The van der Waals surface area contributed by atoms with Crippen molar-refractivity contribution in [3.05, 3.63) is 58.6 Å². The highest BCUT2D eigenvalue weighted by molar-refractivity contribution is 7.92. The molecule has 2 aromatic carbocycles. The summed E-state index contributed by atoms with van der Waals surface area (Å²) in [6.45, 7) is 3.63. The van der Waals surface area contributed by atoms with Crippen LogP contribution in [-0.4, -0.2) is 19.4 Å². The number of nitro groups is 1. The number of sulfonamides is 1. The highest BCUT2D eigenvalue weighted by atomic mass is 32.2. The largest absolute Gasteiger partial charge is 0.489 e. The van der Waals surface area contributed by atoms with Gasteiger partial charge >= 0.3 is 0 Å². The molecule has 8 heteroatoms. The Morgan fingerprint density at radius 3 is 2.35 bits per heavy atom. The van der Waals surface area contributed by atoms with Crippen LogP contribution >= 0.6 is 0 Å². The van der Waals surface area contributed by atoms with Crippen molar-refractivity contribution in [3.63, 3.8) is 0 Å². The van der Waals surface area contributed by atoms with Crippen LogP contribution in [0.1, 0.15) is 13.8 Å². The maximum Gasteiger partial charge on any atom is 0.289 e. The van der Waals surface area contributed by atoms with Crippen molar-refractivity contribution in [1.29, 1.82) is 0 Å². The van der Waals surface area contributed by atoms with Crippen molar-refractivity contribution in [2.75, 3.05) is 4.72 Å². The topological polar surface area (TPSA) is 98.5 Å². The average molecular weight is 336 g/mol. The molecule has 0 spiro atoms. The number of hydrogen-bond donors (Lipinski definition) is 1. The second kappa shape index (κ2) is 6.66. The highest BCUT2D eigenvalue weighted by Gasteiger charge is 2.26. The van der Waals surface area contributed by atoms with Gasteiger partial charge in [-0.05, 0) is 32.0 Å². The SMILES string of the molecule is CC(C)Oc1ccccc1NS(=O)(=O)c1ccccc1[N+](=O)[O-]. The lowest BCUT2D eigenvalue weighted by molar-refractivity contribution is -0.387. The molecule has 0 saturated heterocycles. The molecule has 2 aromatic rings. The Morgan fingerprint density at radius 2 is 1.70 bits per heavy atom. The van der Waals surface area contributed by atoms with E-state index in [-0.39, 0.29) is 11.8 Å². The maximum atomic E-state index is 12.5. The molecule has 0 aliphatic rings. The van der Waals surface area contributed by atoms with Gasteiger partial charge in [0.05, 0.1) is 16.7 Å². The molecule has 1 N–H and O–H groups in total. The molecule has 0 atom stereocenters. The van der Waals surface area contributed by atoms with E-state index in [0.29, 0.717) is 5.75 Å². The highest BCUT2D eigenvalue weighted by Crippen LogP contribution is 2.30. The molecule has 0 unspecified atom stereocenters. The van der Waals surface area contributed by atoms with Crippen LogP contribution in [0, 0.1) is 10.1 Å². The summed E-state index contributed by atoms with van der Waals surface area (Å²) in [5, 5.41) is 11.0. The quantitative estimate of drug-likeness (QED) is 0.645. The van der Waals surface area contributed by atoms with Crippen LogP contribution in [0.2, 0.25) is 0 Å². The lowest BCUT2D eigenvalue weighted by Crippen LogP contribution is -2.16. The molecule has 0 heterocycles. The molecule has 23 heavy (non-hydrogen) atoms. The predicted octanol–water partition coefficient (Wildman–Crippen LogP) is 3.18. The summed E-state index contributed by atoms with van der Waals surface area (Å²) in [7, 11) is -4.12. The fourth-order valence-corrected chi connectivity index (χ4v) is 3.19. The molecule has 0 amide bonds. The lowest BCUT2D eigenvalue weighted by Gasteiger charge is -2.15. The first kappa shape index (κ1) is 16.8. The Balaban J connectivity index is 2.42. The van der Waals surface area contributed by atoms with Gasteiger partial charge < -0.3 is 4.74 Å². The summed E-state index contributed by atoms with van der Waals surface area (Å²) in [5.74, 6) is 0.352. The minimum atomic E-state index is -4.12. The Kier molecular flexibility index (Phi) is 4.85. The number of rotatable bonds is 6. The summed E-state index contributed by atoms with van der Waals surface area (Å²) in [6.07, 6.45) is -0.147. The summed E-state index contributed by atoms with van der Waals surface area (Å²) in [6, 6.07) is 11.7. The lowest BCUT2D eigenvalue weighted by atomic mass is 10.3. The zero-order valence-corrected chi connectivity index (χ0v) is 13.4. The number of nitrogens with one attached hydrogen (secondary N) is 1. The second-order valence-electron chi connectivity index (χ2n) is 4.99. The van der Waals surface area contributed by atoms with Crippen LogP contribution in [0.25, 0.3) is 0 Å². The first-order valence-corrected chi connectivity index (χ1v) is 8.31. The summed E-state index contributed by atoms with van der Waals surface area (Å²) in [5.41, 5.74) is -0.262. The molecule has 0 radical (unpaired) electrons. The van der Waals surface area contributed by atoms with Crippen LogP contribution < -0.4 is 9.46 Å². The van der Waals surface area contributed by atoms with E-state index in [9.17, 15) is 18.5 Å². The van der Waals surface area contributed by atoms with Crippen LogP contribution in [-0.2, 0) is 10.0 Å². The molecule has 7 nitrogen and oxygen atoms in total. The third-order valence-electron chi connectivity index (χ3n) is 2.85. The molecule has 0 aliphatic heterocycles. The molecule has 0 aliphatic carbocycles. The first-order valence-electron chi connectivity index (χ1n) is 6.83. The number of para-hydroxylation sites is 3. The van der Waals surface area contributed by atoms with Crippen LogP contribution in [0.15, 0.2) is 53.4 Å². The number of nitro benzene ring substituents is 1. The Labute approximate surface area is 134 Å². The van der Waals surface area contributed by atoms with Gasteiger partial charge in [0, 0.05) is 6.07 Å². The van der Waals surface area contributed by atoms with E-state index in [1.54, 1.807) is 18.2 Å². The smallest absolute Gasteiger partial charge is 0.289 e. The van der Waals surface area contributed by atoms with Crippen LogP contribution in [0.4, 0.5) is 11.4 Å². The Morgan fingerprint density at radius 1 is 1.09 bits per heavy atom. The molecule has 0 bridgehead atoms. The van der Waals surface area contributed by atoms with Gasteiger partial charge in [-0.2, -0.15) is 0 Å². The van der Waals surface area contributed by atoms with E-state index >= 15 is 0 Å². The number of nitrogens with zero attached hydrogens (tertiary/aromatic N) is 1. The van der Waals surface area contributed by atoms with Crippen molar-refractivity contribution < 1.29 is 18.1 Å². The van der Waals surface area contributed by atoms with Crippen LogP contribution in [0.3, 0.4) is 0 Å². The number of ether oxygens (including phenoxy) is 1. The van der Waals surface area contributed by atoms with Gasteiger partial charge in [-0.3, -0.25) is 14.8 Å². The maximum absolute atomic E-state index is 12.5. The molecular weight excluding hydrogens is 320 g/mol. The minimum Gasteiger partial charge on any atom is -0.489 e. The van der Waals surface area contributed by atoms with Gasteiger partial charge in [-0.15, -0.1) is 0 Å². The van der Waals surface area contributed by atoms with E-state index in [1.807, 2.05) is 13.8 Å². The van der Waals surface area contributed by atoms with Crippen molar-refractivity contribution in [1.82, 2.24) is 0 Å². The van der Waals surface area contributed by atoms with E-state index in [0.717, 1.165) is 6.07 Å². The third-order valence-corrected chi connectivity index (χ3v) is 4.26. The van der Waals surface area contributed by atoms with Crippen molar-refractivity contribution >= 4 is 21.4 Å². The van der Waals surface area contributed by atoms with E-state index < -0.39 is 25.5 Å². The molecule has 0 aromatic heterocycles. The van der Waals surface area contributed by atoms with Crippen molar-refractivity contribution in [2.24, 2.45) is 0 Å². The molecule has 0 fully saturated rings. The minimum absolute atomic E-state index is 0.147. The predicted molar refractivity (Wildman–Crippen MR) is 86.1 cm³/mol. The third kappa shape index (κ3) is 3.98. The first-order chi connectivity index (χ1) is 10.8. The van der Waals surface area contributed by atoms with Gasteiger partial charge in [-0.1, -0.05) is 24.3 Å². The van der Waals surface area contributed by atoms with Crippen molar-refractivity contribution in [3.8, 4) is 5.75 Å². The van der Waals surface area contributed by atoms with E-state index in [1.165, 1.54) is 24.3 Å². The zero-order chi connectivity index (χ0) is 17.0. The van der Waals surface area contributed by atoms with Crippen LogP contribution in [0.5, 0.6) is 5.75 Å². The fraction of sp³-hybridized carbons (Fsp3) is 0.200. The summed E-state index contributed by atoms with van der Waals surface area (Å²) >= 11 is 0. The number of benzene rings is 2. The average Bonchev–Trinajstić information content (AvgIpc) is 2.48. The van der Waals surface area contributed by atoms with Gasteiger partial charge in [0.1, 0.15) is 5.75 Å². The standard InChI is InChI=1S/C15H16N2O5S/c1-11(2)22-14-9-5-3-7-12(14)16-23(20,21)15-10-6-4-8-13(15)17(18)19/h3-11,16H,1-2H3. The van der Waals surface area contributed by atoms with E-state index in [2.05, 4.69) is 4.72 Å². The molecular formula is C15H16N2O5S. The van der Waals surface area contributed by atoms with Crippen molar-refractivity contribution in [2.45, 2.75) is 24.8 Å². The van der Waals surface area contributed by atoms with Gasteiger partial charge in [0.25, 0.3) is 15.7 Å². The Bertz CT molecular complexity index is 818. The van der Waals surface area contributed by atoms with Gasteiger partial charge in [0.15, 0.2) is 4.90 Å². The van der Waals surface area contributed by atoms with Gasteiger partial charge in [0.2, 0.25) is 0 Å². The zero-order valence-electron chi connectivity index (χ0n) is 12.6. The monoisotopic (exact) mass is 336 g/mol. The second-order valence-corrected chi connectivity index (χ2v) is 6.64. The fourth-order valence-electron chi connectivity index (χ4n) is 1.94. The molecule has 0 saturated carbocycles. The number of anilines is 1. The Hall–Kier alpha value is -2.61. The van der Waals surface area contributed by atoms with E-state index in [4.69, 9.17) is 4.74 Å². The van der Waals surface area contributed by atoms with Gasteiger partial charge in [-0.25, -0.2) is 8.42 Å².